The molecule has 3 rings (SSSR count). The Labute approximate surface area is 146 Å². The molecule has 0 atom stereocenters. The fraction of sp³-hybridized carbons (Fsp3) is 0.500. The smallest absolute Gasteiger partial charge is 0.265 e. The van der Waals surface area contributed by atoms with E-state index in [-0.39, 0.29) is 36.9 Å². The molecule has 1 aromatic rings. The molecule has 7 nitrogen and oxygen atoms in total. The van der Waals surface area contributed by atoms with E-state index in [1.165, 1.54) is 4.90 Å². The summed E-state index contributed by atoms with van der Waals surface area (Å²) < 4.78 is 5.41. The van der Waals surface area contributed by atoms with E-state index < -0.39 is 0 Å². The topological polar surface area (TPSA) is 87.2 Å². The molecule has 25 heavy (non-hydrogen) atoms. The summed E-state index contributed by atoms with van der Waals surface area (Å²) in [7, 11) is 0. The number of rotatable bonds is 4. The zero-order valence-corrected chi connectivity index (χ0v) is 14.2. The van der Waals surface area contributed by atoms with Gasteiger partial charge < -0.3 is 14.7 Å². The molecule has 2 amide bonds. The number of hydrogen-bond acceptors (Lipinski definition) is 5. The number of amides is 2. The van der Waals surface area contributed by atoms with Gasteiger partial charge in [0, 0.05) is 25.1 Å². The fourth-order valence-corrected chi connectivity index (χ4v) is 3.10. The van der Waals surface area contributed by atoms with Gasteiger partial charge in [-0.25, -0.2) is 0 Å². The number of ether oxygens (including phenoxy) is 1. The number of carbonyl (C=O) groups excluding carboxylic acids is 3. The molecule has 2 aliphatic rings. The number of hydrogen-bond donors (Lipinski definition) is 1. The molecule has 2 heterocycles. The van der Waals surface area contributed by atoms with E-state index >= 15 is 0 Å². The van der Waals surface area contributed by atoms with Crippen LogP contribution in [0.1, 0.15) is 36.5 Å². The van der Waals surface area contributed by atoms with Gasteiger partial charge >= 0.3 is 0 Å². The Morgan fingerprint density at radius 3 is 2.68 bits per heavy atom. The van der Waals surface area contributed by atoms with Crippen LogP contribution in [0.25, 0.3) is 0 Å². The SMILES string of the molecule is CCC(=O)c1ccc2c(c1)N(CC(=O)N1CCC(O)CC1)C(=O)CO2. The molecule has 2 aliphatic heterocycles. The highest BCUT2D eigenvalue weighted by atomic mass is 16.5. The lowest BCUT2D eigenvalue weighted by atomic mass is 10.1. The molecule has 1 N–H and O–H groups in total. The van der Waals surface area contributed by atoms with Gasteiger partial charge in [-0.3, -0.25) is 19.3 Å². The third-order valence-electron chi connectivity index (χ3n) is 4.66. The molecule has 134 valence electrons. The van der Waals surface area contributed by atoms with Gasteiger partial charge in [0.2, 0.25) is 5.91 Å². The molecular weight excluding hydrogens is 324 g/mol. The highest BCUT2D eigenvalue weighted by Gasteiger charge is 2.30. The Hall–Kier alpha value is -2.41. The molecule has 0 aliphatic carbocycles. The minimum Gasteiger partial charge on any atom is -0.482 e. The number of Topliss-reactive ketones (excluding diaryl/α,β-unsaturated/α-hetero) is 1. The van der Waals surface area contributed by atoms with Crippen molar-refractivity contribution in [2.24, 2.45) is 0 Å². The van der Waals surface area contributed by atoms with Crippen molar-refractivity contribution in [2.75, 3.05) is 31.1 Å². The van der Waals surface area contributed by atoms with Gasteiger partial charge in [0.1, 0.15) is 12.3 Å². The van der Waals surface area contributed by atoms with E-state index in [4.69, 9.17) is 4.74 Å². The first-order valence-electron chi connectivity index (χ1n) is 8.56. The average Bonchev–Trinajstić information content (AvgIpc) is 2.63. The van der Waals surface area contributed by atoms with Crippen LogP contribution >= 0.6 is 0 Å². The summed E-state index contributed by atoms with van der Waals surface area (Å²) in [5.74, 6) is -0.00875. The fourth-order valence-electron chi connectivity index (χ4n) is 3.10. The van der Waals surface area contributed by atoms with Crippen molar-refractivity contribution in [2.45, 2.75) is 32.3 Å². The van der Waals surface area contributed by atoms with E-state index in [0.717, 1.165) is 0 Å². The minimum atomic E-state index is -0.364. The molecule has 1 aromatic carbocycles. The zero-order valence-electron chi connectivity index (χ0n) is 14.2. The molecule has 1 fully saturated rings. The van der Waals surface area contributed by atoms with E-state index in [1.54, 1.807) is 30.0 Å². The minimum absolute atomic E-state index is 0.0304. The molecule has 1 saturated heterocycles. The van der Waals surface area contributed by atoms with Crippen LogP contribution in [0.5, 0.6) is 5.75 Å². The lowest BCUT2D eigenvalue weighted by molar-refractivity contribution is -0.133. The van der Waals surface area contributed by atoms with Crippen LogP contribution in [-0.2, 0) is 9.59 Å². The Morgan fingerprint density at radius 1 is 1.28 bits per heavy atom. The Balaban J connectivity index is 1.80. The van der Waals surface area contributed by atoms with Crippen molar-refractivity contribution in [3.63, 3.8) is 0 Å². The number of benzene rings is 1. The molecule has 0 saturated carbocycles. The van der Waals surface area contributed by atoms with Crippen LogP contribution in [-0.4, -0.2) is 59.9 Å². The summed E-state index contributed by atoms with van der Waals surface area (Å²) in [6.45, 7) is 2.53. The van der Waals surface area contributed by atoms with Gasteiger partial charge in [0.25, 0.3) is 5.91 Å². The second kappa shape index (κ2) is 7.23. The zero-order chi connectivity index (χ0) is 18.0. The van der Waals surface area contributed by atoms with Crippen molar-refractivity contribution < 1.29 is 24.2 Å². The van der Waals surface area contributed by atoms with Gasteiger partial charge in [-0.1, -0.05) is 6.92 Å². The third kappa shape index (κ3) is 3.66. The van der Waals surface area contributed by atoms with Crippen LogP contribution in [0.2, 0.25) is 0 Å². The standard InChI is InChI=1S/C18H22N2O5/c1-2-15(22)12-3-4-16-14(9-12)20(18(24)11-25-16)10-17(23)19-7-5-13(21)6-8-19/h3-4,9,13,21H,2,5-8,10-11H2,1H3. The van der Waals surface area contributed by atoms with Gasteiger partial charge in [-0.15, -0.1) is 0 Å². The molecule has 7 heteroatoms. The maximum atomic E-state index is 12.5. The molecule has 0 aromatic heterocycles. The van der Waals surface area contributed by atoms with Crippen molar-refractivity contribution in [1.29, 1.82) is 0 Å². The van der Waals surface area contributed by atoms with Crippen LogP contribution in [0, 0.1) is 0 Å². The van der Waals surface area contributed by atoms with E-state index in [9.17, 15) is 19.5 Å². The van der Waals surface area contributed by atoms with E-state index in [1.807, 2.05) is 0 Å². The Kier molecular flexibility index (Phi) is 5.03. The van der Waals surface area contributed by atoms with Crippen LogP contribution in [0.4, 0.5) is 5.69 Å². The van der Waals surface area contributed by atoms with Crippen molar-refractivity contribution in [3.05, 3.63) is 23.8 Å². The maximum Gasteiger partial charge on any atom is 0.265 e. The van der Waals surface area contributed by atoms with Crippen molar-refractivity contribution in [1.82, 2.24) is 4.90 Å². The number of carbonyl (C=O) groups is 3. The molecule has 0 radical (unpaired) electrons. The summed E-state index contributed by atoms with van der Waals surface area (Å²) in [5.41, 5.74) is 0.957. The lowest BCUT2D eigenvalue weighted by Crippen LogP contribution is -2.48. The Bertz CT molecular complexity index is 695. The average molecular weight is 346 g/mol. The number of likely N-dealkylation sites (tertiary alicyclic amines) is 1. The van der Waals surface area contributed by atoms with Crippen LogP contribution in [0.3, 0.4) is 0 Å². The van der Waals surface area contributed by atoms with Crippen molar-refractivity contribution >= 4 is 23.3 Å². The number of aliphatic hydroxyl groups is 1. The van der Waals surface area contributed by atoms with Crippen LogP contribution < -0.4 is 9.64 Å². The lowest BCUT2D eigenvalue weighted by Gasteiger charge is -2.33. The first kappa shape index (κ1) is 17.4. The maximum absolute atomic E-state index is 12.5. The second-order valence-corrected chi connectivity index (χ2v) is 6.34. The van der Waals surface area contributed by atoms with Gasteiger partial charge in [0.05, 0.1) is 11.8 Å². The van der Waals surface area contributed by atoms with Gasteiger partial charge in [0.15, 0.2) is 12.4 Å². The summed E-state index contributed by atoms with van der Waals surface area (Å²) >= 11 is 0. The number of piperidine rings is 1. The van der Waals surface area contributed by atoms with Gasteiger partial charge in [-0.2, -0.15) is 0 Å². The first-order chi connectivity index (χ1) is 12.0. The van der Waals surface area contributed by atoms with Crippen LogP contribution in [0.15, 0.2) is 18.2 Å². The number of aliphatic hydroxyl groups excluding tert-OH is 1. The largest absolute Gasteiger partial charge is 0.482 e. The molecule has 0 bridgehead atoms. The second-order valence-electron chi connectivity index (χ2n) is 6.34. The van der Waals surface area contributed by atoms with E-state index in [0.29, 0.717) is 49.4 Å². The number of nitrogens with zero attached hydrogens (tertiary/aromatic N) is 2. The van der Waals surface area contributed by atoms with E-state index in [2.05, 4.69) is 0 Å². The van der Waals surface area contributed by atoms with Gasteiger partial charge in [-0.05, 0) is 31.0 Å². The number of ketones is 1. The number of fused-ring (bicyclic) bond motifs is 1. The highest BCUT2D eigenvalue weighted by molar-refractivity contribution is 6.04. The Morgan fingerprint density at radius 2 is 2.00 bits per heavy atom. The predicted molar refractivity (Wildman–Crippen MR) is 90.7 cm³/mol. The summed E-state index contributed by atoms with van der Waals surface area (Å²) in [6.07, 6.45) is 1.10. The summed E-state index contributed by atoms with van der Waals surface area (Å²) in [5, 5.41) is 9.56. The summed E-state index contributed by atoms with van der Waals surface area (Å²) in [4.78, 5) is 39.8. The monoisotopic (exact) mass is 346 g/mol. The number of anilines is 1. The van der Waals surface area contributed by atoms with Crippen molar-refractivity contribution in [3.8, 4) is 5.75 Å². The molecule has 0 spiro atoms. The molecule has 0 unspecified atom stereocenters. The normalized spacial score (nSPS) is 17.9. The third-order valence-corrected chi connectivity index (χ3v) is 4.66. The quantitative estimate of drug-likeness (QED) is 0.822. The first-order valence-corrected chi connectivity index (χ1v) is 8.56. The summed E-state index contributed by atoms with van der Waals surface area (Å²) in [6, 6.07) is 4.96. The predicted octanol–water partition coefficient (Wildman–Crippen LogP) is 0.988. The highest BCUT2D eigenvalue weighted by Crippen LogP contribution is 2.33. The molecular formula is C18H22N2O5.